The summed E-state index contributed by atoms with van der Waals surface area (Å²) in [5.74, 6) is -0.743. The summed E-state index contributed by atoms with van der Waals surface area (Å²) < 4.78 is 8.88. The number of phosphoric acid groups is 1. The third-order valence-electron chi connectivity index (χ3n) is 1.55. The molecule has 0 aromatic heterocycles. The van der Waals surface area contributed by atoms with E-state index in [4.69, 9.17) is 24.4 Å². The lowest BCUT2D eigenvalue weighted by atomic mass is 10.4. The predicted octanol–water partition coefficient (Wildman–Crippen LogP) is -0.791. The van der Waals surface area contributed by atoms with E-state index in [1.165, 1.54) is 0 Å². The second kappa shape index (κ2) is 6.49. The summed E-state index contributed by atoms with van der Waals surface area (Å²) in [6, 6.07) is 0. The zero-order chi connectivity index (χ0) is 12.8. The van der Waals surface area contributed by atoms with Gasteiger partial charge in [-0.25, -0.2) is 4.57 Å². The van der Waals surface area contributed by atoms with Crippen molar-refractivity contribution in [1.29, 1.82) is 0 Å². The second-order valence-corrected chi connectivity index (χ2v) is 4.19. The molecule has 0 radical (unpaired) electrons. The van der Waals surface area contributed by atoms with Crippen molar-refractivity contribution < 1.29 is 29.1 Å². The van der Waals surface area contributed by atoms with E-state index < -0.39 is 13.8 Å². The number of hydrogen-bond donors (Lipinski definition) is 4. The van der Waals surface area contributed by atoms with Crippen LogP contribution in [0.3, 0.4) is 0 Å². The van der Waals surface area contributed by atoms with Crippen LogP contribution in [0.25, 0.3) is 0 Å². The van der Waals surface area contributed by atoms with Crippen molar-refractivity contribution in [2.24, 2.45) is 0 Å². The van der Waals surface area contributed by atoms with Crippen molar-refractivity contribution in [3.05, 3.63) is 12.4 Å². The maximum Gasteiger partial charge on any atom is 0.466 e. The molecule has 0 atom stereocenters. The maximum absolute atomic E-state index is 10.2. The van der Waals surface area contributed by atoms with Crippen molar-refractivity contribution in [2.75, 3.05) is 20.3 Å². The molecule has 0 aliphatic carbocycles. The smallest absolute Gasteiger partial charge is 0.466 e. The molecule has 9 heteroatoms. The summed E-state index contributed by atoms with van der Waals surface area (Å²) in [7, 11) is -2.68. The number of carbonyl (C=O) groups is 1. The van der Waals surface area contributed by atoms with Crippen molar-refractivity contribution in [2.45, 2.75) is 6.42 Å². The highest BCUT2D eigenvalue weighted by atomic mass is 31.2. The molecule has 16 heavy (non-hydrogen) atoms. The van der Waals surface area contributed by atoms with Gasteiger partial charge in [0.25, 0.3) is 0 Å². The first-order valence-corrected chi connectivity index (χ1v) is 5.87. The van der Waals surface area contributed by atoms with Gasteiger partial charge in [0, 0.05) is 26.0 Å². The van der Waals surface area contributed by atoms with Crippen molar-refractivity contribution in [3.8, 4) is 0 Å². The minimum Gasteiger partial charge on any atom is -0.481 e. The average Bonchev–Trinajstić information content (AvgIpc) is 2.44. The van der Waals surface area contributed by atoms with Gasteiger partial charge in [-0.05, 0) is 0 Å². The standard InChI is InChI=1S/C7H12N2O2.H3O4P/c1-8-4-5-9(6-8)3-2-7(10)11;1-5(2,3)4/h4-5H,2-3,6H2,1H3,(H,10,11);(H3,1,2,3,4). The van der Waals surface area contributed by atoms with Gasteiger partial charge in [-0.2, -0.15) is 0 Å². The molecular formula is C7H15N2O6P. The third kappa shape index (κ3) is 11.0. The Balaban J connectivity index is 0.000000385. The maximum atomic E-state index is 10.2. The first-order chi connectivity index (χ1) is 7.18. The molecule has 0 bridgehead atoms. The van der Waals surface area contributed by atoms with Gasteiger partial charge in [0.05, 0.1) is 13.1 Å². The molecule has 0 aromatic carbocycles. The molecule has 0 unspecified atom stereocenters. The van der Waals surface area contributed by atoms with Crippen LogP contribution in [-0.4, -0.2) is 55.8 Å². The highest BCUT2D eigenvalue weighted by Crippen LogP contribution is 2.25. The molecule has 0 fully saturated rings. The summed E-state index contributed by atoms with van der Waals surface area (Å²) in [6.07, 6.45) is 4.04. The van der Waals surface area contributed by atoms with Gasteiger partial charge in [0.1, 0.15) is 0 Å². The Labute approximate surface area is 92.6 Å². The molecule has 0 saturated carbocycles. The molecule has 0 aromatic rings. The number of carboxylic acid groups (broad SMARTS) is 1. The van der Waals surface area contributed by atoms with E-state index in [2.05, 4.69) is 0 Å². The fraction of sp³-hybridized carbons (Fsp3) is 0.571. The van der Waals surface area contributed by atoms with Crippen molar-refractivity contribution in [1.82, 2.24) is 9.80 Å². The topological polar surface area (TPSA) is 122 Å². The van der Waals surface area contributed by atoms with Crippen molar-refractivity contribution >= 4 is 13.8 Å². The Morgan fingerprint density at radius 2 is 1.88 bits per heavy atom. The second-order valence-electron chi connectivity index (χ2n) is 3.17. The number of hydrogen-bond acceptors (Lipinski definition) is 4. The van der Waals surface area contributed by atoms with Gasteiger partial charge >= 0.3 is 13.8 Å². The van der Waals surface area contributed by atoms with Crippen LogP contribution in [0.4, 0.5) is 0 Å². The van der Waals surface area contributed by atoms with Crippen LogP contribution in [0.2, 0.25) is 0 Å². The first kappa shape index (κ1) is 14.9. The normalized spacial score (nSPS) is 14.8. The average molecular weight is 254 g/mol. The lowest BCUT2D eigenvalue weighted by Crippen LogP contribution is -2.24. The van der Waals surface area contributed by atoms with E-state index in [0.29, 0.717) is 6.54 Å². The molecule has 1 rings (SSSR count). The minimum atomic E-state index is -4.64. The summed E-state index contributed by atoms with van der Waals surface area (Å²) in [5.41, 5.74) is 0. The lowest BCUT2D eigenvalue weighted by Gasteiger charge is -2.16. The Hall–Kier alpha value is -1.08. The van der Waals surface area contributed by atoms with E-state index in [-0.39, 0.29) is 6.42 Å². The van der Waals surface area contributed by atoms with Crippen LogP contribution in [0.15, 0.2) is 12.4 Å². The first-order valence-electron chi connectivity index (χ1n) is 4.31. The zero-order valence-corrected chi connectivity index (χ0v) is 9.62. The Morgan fingerprint density at radius 1 is 1.38 bits per heavy atom. The molecule has 0 spiro atoms. The van der Waals surface area contributed by atoms with Crippen LogP contribution >= 0.6 is 7.82 Å². The largest absolute Gasteiger partial charge is 0.481 e. The van der Waals surface area contributed by atoms with Crippen LogP contribution in [0, 0.1) is 0 Å². The minimum absolute atomic E-state index is 0.207. The molecule has 1 aliphatic heterocycles. The summed E-state index contributed by atoms with van der Waals surface area (Å²) in [6.45, 7) is 1.39. The lowest BCUT2D eigenvalue weighted by molar-refractivity contribution is -0.137. The summed E-state index contributed by atoms with van der Waals surface area (Å²) in [4.78, 5) is 35.7. The van der Waals surface area contributed by atoms with Gasteiger partial charge < -0.3 is 29.6 Å². The van der Waals surface area contributed by atoms with Crippen molar-refractivity contribution in [3.63, 3.8) is 0 Å². The molecular weight excluding hydrogens is 239 g/mol. The van der Waals surface area contributed by atoms with Gasteiger partial charge in [0.15, 0.2) is 0 Å². The van der Waals surface area contributed by atoms with Gasteiger partial charge in [-0.15, -0.1) is 0 Å². The van der Waals surface area contributed by atoms with E-state index in [9.17, 15) is 4.79 Å². The molecule has 0 amide bonds. The molecule has 94 valence electrons. The highest BCUT2D eigenvalue weighted by Gasteiger charge is 2.08. The summed E-state index contributed by atoms with van der Waals surface area (Å²) in [5, 5.41) is 8.38. The molecule has 0 saturated heterocycles. The number of carboxylic acids is 1. The van der Waals surface area contributed by atoms with E-state index in [1.807, 2.05) is 29.2 Å². The number of nitrogens with zero attached hydrogens (tertiary/aromatic N) is 2. The predicted molar refractivity (Wildman–Crippen MR) is 55.0 cm³/mol. The van der Waals surface area contributed by atoms with E-state index in [0.717, 1.165) is 6.67 Å². The van der Waals surface area contributed by atoms with Crippen LogP contribution in [0.5, 0.6) is 0 Å². The Kier molecular flexibility index (Phi) is 6.05. The van der Waals surface area contributed by atoms with Gasteiger partial charge in [-0.3, -0.25) is 4.79 Å². The molecule has 1 heterocycles. The Bertz CT molecular complexity index is 293. The zero-order valence-electron chi connectivity index (χ0n) is 8.72. The SMILES string of the molecule is CN1C=CN(CCC(=O)O)C1.O=P(O)(O)O. The van der Waals surface area contributed by atoms with Gasteiger partial charge in [-0.1, -0.05) is 0 Å². The van der Waals surface area contributed by atoms with E-state index >= 15 is 0 Å². The quantitative estimate of drug-likeness (QED) is 0.483. The Morgan fingerprint density at radius 3 is 2.19 bits per heavy atom. The molecule has 4 N–H and O–H groups in total. The fourth-order valence-corrected chi connectivity index (χ4v) is 0.973. The van der Waals surface area contributed by atoms with Gasteiger partial charge in [0.2, 0.25) is 0 Å². The number of aliphatic carboxylic acids is 1. The van der Waals surface area contributed by atoms with Crippen LogP contribution in [0.1, 0.15) is 6.42 Å². The summed E-state index contributed by atoms with van der Waals surface area (Å²) >= 11 is 0. The fourth-order valence-electron chi connectivity index (χ4n) is 0.973. The molecule has 1 aliphatic rings. The number of rotatable bonds is 3. The van der Waals surface area contributed by atoms with Crippen LogP contribution in [-0.2, 0) is 9.36 Å². The highest BCUT2D eigenvalue weighted by molar-refractivity contribution is 7.45. The third-order valence-corrected chi connectivity index (χ3v) is 1.55. The van der Waals surface area contributed by atoms with Crippen LogP contribution < -0.4 is 0 Å². The van der Waals surface area contributed by atoms with E-state index in [1.54, 1.807) is 0 Å². The molecule has 8 nitrogen and oxygen atoms in total. The monoisotopic (exact) mass is 254 g/mol.